The lowest BCUT2D eigenvalue weighted by atomic mass is 10.2. The van der Waals surface area contributed by atoms with Crippen molar-refractivity contribution >= 4 is 11.6 Å². The number of benzene rings is 1. The summed E-state index contributed by atoms with van der Waals surface area (Å²) in [5, 5.41) is 2.68. The summed E-state index contributed by atoms with van der Waals surface area (Å²) in [7, 11) is 3.98. The van der Waals surface area contributed by atoms with Gasteiger partial charge in [0.1, 0.15) is 5.69 Å². The van der Waals surface area contributed by atoms with Gasteiger partial charge in [-0.15, -0.1) is 0 Å². The van der Waals surface area contributed by atoms with Crippen LogP contribution in [0.1, 0.15) is 16.1 Å². The Kier molecular flexibility index (Phi) is 4.89. The molecular formula is C16H16N4O. The third-order valence-electron chi connectivity index (χ3n) is 2.75. The number of nitrogens with one attached hydrogen (secondary N) is 1. The van der Waals surface area contributed by atoms with E-state index in [9.17, 15) is 4.79 Å². The molecule has 5 nitrogen and oxygen atoms in total. The molecule has 1 N–H and O–H groups in total. The van der Waals surface area contributed by atoms with E-state index >= 15 is 0 Å². The van der Waals surface area contributed by atoms with Gasteiger partial charge in [-0.1, -0.05) is 11.8 Å². The van der Waals surface area contributed by atoms with E-state index in [2.05, 4.69) is 27.1 Å². The first kappa shape index (κ1) is 14.5. The average molecular weight is 280 g/mol. The topological polar surface area (TPSA) is 58.1 Å². The van der Waals surface area contributed by atoms with Crippen molar-refractivity contribution in [2.75, 3.05) is 25.5 Å². The number of amides is 1. The molecule has 0 spiro atoms. The van der Waals surface area contributed by atoms with Crippen LogP contribution in [-0.4, -0.2) is 36.5 Å². The Hall–Kier alpha value is -2.87. The molecule has 21 heavy (non-hydrogen) atoms. The largest absolute Gasteiger partial charge is 0.378 e. The van der Waals surface area contributed by atoms with Crippen LogP contribution in [0.3, 0.4) is 0 Å². The lowest BCUT2D eigenvalue weighted by molar-refractivity contribution is 0.0953. The van der Waals surface area contributed by atoms with Crippen molar-refractivity contribution in [1.82, 2.24) is 15.3 Å². The van der Waals surface area contributed by atoms with E-state index in [1.165, 1.54) is 18.6 Å². The van der Waals surface area contributed by atoms with Gasteiger partial charge >= 0.3 is 0 Å². The number of aromatic nitrogens is 2. The van der Waals surface area contributed by atoms with Crippen LogP contribution in [0.15, 0.2) is 42.9 Å². The fourth-order valence-electron chi connectivity index (χ4n) is 1.62. The minimum atomic E-state index is -0.277. The molecular weight excluding hydrogens is 264 g/mol. The van der Waals surface area contributed by atoms with Crippen molar-refractivity contribution in [2.24, 2.45) is 0 Å². The van der Waals surface area contributed by atoms with Crippen LogP contribution in [0.25, 0.3) is 0 Å². The number of hydrogen-bond acceptors (Lipinski definition) is 4. The quantitative estimate of drug-likeness (QED) is 0.862. The maximum absolute atomic E-state index is 11.7. The molecule has 5 heteroatoms. The number of hydrogen-bond donors (Lipinski definition) is 1. The summed E-state index contributed by atoms with van der Waals surface area (Å²) in [6.07, 6.45) is 4.42. The van der Waals surface area contributed by atoms with Crippen LogP contribution in [0, 0.1) is 11.8 Å². The lowest BCUT2D eigenvalue weighted by Gasteiger charge is -2.11. The van der Waals surface area contributed by atoms with Gasteiger partial charge in [-0.05, 0) is 24.3 Å². The fraction of sp³-hybridized carbons (Fsp3) is 0.188. The Balaban J connectivity index is 1.88. The van der Waals surface area contributed by atoms with Gasteiger partial charge in [-0.25, -0.2) is 4.98 Å². The lowest BCUT2D eigenvalue weighted by Crippen LogP contribution is -2.24. The first-order valence-corrected chi connectivity index (χ1v) is 6.47. The Morgan fingerprint density at radius 1 is 1.24 bits per heavy atom. The van der Waals surface area contributed by atoms with Crippen LogP contribution >= 0.6 is 0 Å². The van der Waals surface area contributed by atoms with E-state index in [4.69, 9.17) is 0 Å². The van der Waals surface area contributed by atoms with Gasteiger partial charge in [0.15, 0.2) is 0 Å². The van der Waals surface area contributed by atoms with Crippen molar-refractivity contribution in [3.05, 3.63) is 54.1 Å². The minimum absolute atomic E-state index is 0.269. The van der Waals surface area contributed by atoms with E-state index in [1.807, 2.05) is 43.3 Å². The van der Waals surface area contributed by atoms with Gasteiger partial charge in [0.05, 0.1) is 12.7 Å². The Labute approximate surface area is 124 Å². The molecule has 1 heterocycles. The smallest absolute Gasteiger partial charge is 0.272 e. The normalized spacial score (nSPS) is 9.43. The van der Waals surface area contributed by atoms with Crippen molar-refractivity contribution < 1.29 is 4.79 Å². The van der Waals surface area contributed by atoms with Crippen molar-refractivity contribution in [3.63, 3.8) is 0 Å². The van der Waals surface area contributed by atoms with Gasteiger partial charge < -0.3 is 10.2 Å². The summed E-state index contributed by atoms with van der Waals surface area (Å²) < 4.78 is 0. The highest BCUT2D eigenvalue weighted by Crippen LogP contribution is 2.11. The highest BCUT2D eigenvalue weighted by molar-refractivity contribution is 5.91. The first-order chi connectivity index (χ1) is 10.2. The molecule has 0 bridgehead atoms. The third-order valence-corrected chi connectivity index (χ3v) is 2.75. The zero-order valence-corrected chi connectivity index (χ0v) is 12.0. The van der Waals surface area contributed by atoms with Crippen molar-refractivity contribution in [3.8, 4) is 11.8 Å². The summed E-state index contributed by atoms with van der Waals surface area (Å²) in [6.45, 7) is 0.269. The standard InChI is InChI=1S/C16H16N4O/c1-20(2)14-7-5-13(6-8-14)4-3-9-19-16(21)15-12-17-10-11-18-15/h5-8,10-12H,9H2,1-2H3,(H,19,21). The minimum Gasteiger partial charge on any atom is -0.378 e. The highest BCUT2D eigenvalue weighted by atomic mass is 16.1. The average Bonchev–Trinajstić information content (AvgIpc) is 2.52. The molecule has 0 atom stereocenters. The summed E-state index contributed by atoms with van der Waals surface area (Å²) in [5.41, 5.74) is 2.32. The molecule has 1 aromatic heterocycles. The molecule has 0 aliphatic heterocycles. The number of carbonyl (C=O) groups is 1. The van der Waals surface area contributed by atoms with Gasteiger partial charge in [0.2, 0.25) is 0 Å². The zero-order chi connectivity index (χ0) is 15.1. The molecule has 0 aliphatic rings. The zero-order valence-electron chi connectivity index (χ0n) is 12.0. The predicted octanol–water partition coefficient (Wildman–Crippen LogP) is 1.32. The molecule has 2 rings (SSSR count). The van der Waals surface area contributed by atoms with E-state index < -0.39 is 0 Å². The van der Waals surface area contributed by atoms with E-state index in [1.54, 1.807) is 0 Å². The summed E-state index contributed by atoms with van der Waals surface area (Å²) in [6, 6.07) is 7.91. The second-order valence-electron chi connectivity index (χ2n) is 4.52. The summed E-state index contributed by atoms with van der Waals surface area (Å²) in [5.74, 6) is 5.63. The number of nitrogens with zero attached hydrogens (tertiary/aromatic N) is 3. The van der Waals surface area contributed by atoms with Gasteiger partial charge in [-0.3, -0.25) is 9.78 Å². The molecule has 0 radical (unpaired) electrons. The van der Waals surface area contributed by atoms with Gasteiger partial charge in [0, 0.05) is 37.7 Å². The highest BCUT2D eigenvalue weighted by Gasteiger charge is 2.03. The Bertz CT molecular complexity index is 654. The fourth-order valence-corrected chi connectivity index (χ4v) is 1.62. The Morgan fingerprint density at radius 2 is 2.00 bits per heavy atom. The number of anilines is 1. The second-order valence-corrected chi connectivity index (χ2v) is 4.52. The Morgan fingerprint density at radius 3 is 2.62 bits per heavy atom. The number of rotatable bonds is 3. The van der Waals surface area contributed by atoms with Crippen LogP contribution in [0.5, 0.6) is 0 Å². The molecule has 106 valence electrons. The second kappa shape index (κ2) is 7.06. The first-order valence-electron chi connectivity index (χ1n) is 6.47. The van der Waals surface area contributed by atoms with Crippen LogP contribution in [0.2, 0.25) is 0 Å². The SMILES string of the molecule is CN(C)c1ccc(C#CCNC(=O)c2cnccn2)cc1. The van der Waals surface area contributed by atoms with Gasteiger partial charge in [-0.2, -0.15) is 0 Å². The molecule has 2 aromatic rings. The molecule has 0 aliphatic carbocycles. The monoisotopic (exact) mass is 280 g/mol. The van der Waals surface area contributed by atoms with E-state index in [0.29, 0.717) is 0 Å². The molecule has 1 aromatic carbocycles. The van der Waals surface area contributed by atoms with Crippen LogP contribution in [-0.2, 0) is 0 Å². The third kappa shape index (κ3) is 4.32. The predicted molar refractivity (Wildman–Crippen MR) is 82.0 cm³/mol. The molecule has 0 saturated heterocycles. The van der Waals surface area contributed by atoms with Gasteiger partial charge in [0.25, 0.3) is 5.91 Å². The van der Waals surface area contributed by atoms with E-state index in [-0.39, 0.29) is 18.1 Å². The van der Waals surface area contributed by atoms with Crippen LogP contribution in [0.4, 0.5) is 5.69 Å². The van der Waals surface area contributed by atoms with Crippen molar-refractivity contribution in [1.29, 1.82) is 0 Å². The van der Waals surface area contributed by atoms with E-state index in [0.717, 1.165) is 11.3 Å². The van der Waals surface area contributed by atoms with Crippen molar-refractivity contribution in [2.45, 2.75) is 0 Å². The maximum atomic E-state index is 11.7. The molecule has 0 saturated carbocycles. The molecule has 0 fully saturated rings. The molecule has 0 unspecified atom stereocenters. The molecule has 1 amide bonds. The van der Waals surface area contributed by atoms with Crippen LogP contribution < -0.4 is 10.2 Å². The summed E-state index contributed by atoms with van der Waals surface area (Å²) in [4.78, 5) is 21.5. The maximum Gasteiger partial charge on any atom is 0.272 e. The summed E-state index contributed by atoms with van der Waals surface area (Å²) >= 11 is 0. The number of carbonyl (C=O) groups excluding carboxylic acids is 1.